The summed E-state index contributed by atoms with van der Waals surface area (Å²) < 4.78 is 24.7. The van der Waals surface area contributed by atoms with E-state index in [0.29, 0.717) is 32.6 Å². The molecule has 1 saturated carbocycles. The summed E-state index contributed by atoms with van der Waals surface area (Å²) >= 11 is 0. The van der Waals surface area contributed by atoms with Crippen LogP contribution in [0.25, 0.3) is 0 Å². The van der Waals surface area contributed by atoms with Gasteiger partial charge in [0, 0.05) is 39.0 Å². The molecule has 2 amide bonds. The lowest BCUT2D eigenvalue weighted by Crippen LogP contribution is -2.50. The second-order valence-electron chi connectivity index (χ2n) is 8.12. The number of amides is 2. The third kappa shape index (κ3) is 6.29. The zero-order valence-corrected chi connectivity index (χ0v) is 17.9. The number of hydrogen-bond acceptors (Lipinski definition) is 4. The van der Waals surface area contributed by atoms with Crippen LogP contribution in [-0.4, -0.2) is 67.2 Å². The number of benzene rings is 1. The summed E-state index contributed by atoms with van der Waals surface area (Å²) in [5.74, 6) is -0.0191. The van der Waals surface area contributed by atoms with Gasteiger partial charge >= 0.3 is 0 Å². The van der Waals surface area contributed by atoms with Gasteiger partial charge in [0.2, 0.25) is 11.8 Å². The van der Waals surface area contributed by atoms with E-state index in [1.54, 1.807) is 4.90 Å². The van der Waals surface area contributed by atoms with E-state index < -0.39 is 9.84 Å². The predicted octanol–water partition coefficient (Wildman–Crippen LogP) is 2.43. The number of rotatable bonds is 8. The summed E-state index contributed by atoms with van der Waals surface area (Å²) in [4.78, 5) is 28.4. The van der Waals surface area contributed by atoms with Crippen LogP contribution >= 0.6 is 0 Å². The van der Waals surface area contributed by atoms with E-state index in [2.05, 4.69) is 12.1 Å². The van der Waals surface area contributed by atoms with Crippen molar-refractivity contribution in [3.63, 3.8) is 0 Å². The van der Waals surface area contributed by atoms with Crippen molar-refractivity contribution in [1.29, 1.82) is 0 Å². The van der Waals surface area contributed by atoms with Crippen molar-refractivity contribution >= 4 is 21.7 Å². The predicted molar refractivity (Wildman–Crippen MR) is 113 cm³/mol. The molecule has 1 aromatic rings. The van der Waals surface area contributed by atoms with Gasteiger partial charge in [0.15, 0.2) is 9.84 Å². The SMILES string of the molecule is O=C(CCCc1ccccc1)N1CCN(C(=O)CCS(=O)(=O)C2CCCC2)CC1. The first-order valence-electron chi connectivity index (χ1n) is 10.8. The molecule has 29 heavy (non-hydrogen) atoms. The van der Waals surface area contributed by atoms with Gasteiger partial charge < -0.3 is 9.80 Å². The van der Waals surface area contributed by atoms with E-state index in [0.717, 1.165) is 38.5 Å². The molecular weight excluding hydrogens is 388 g/mol. The van der Waals surface area contributed by atoms with Crippen molar-refractivity contribution in [2.24, 2.45) is 0 Å². The van der Waals surface area contributed by atoms with Crippen molar-refractivity contribution in [3.8, 4) is 0 Å². The average Bonchev–Trinajstić information content (AvgIpc) is 3.29. The number of hydrogen-bond donors (Lipinski definition) is 0. The summed E-state index contributed by atoms with van der Waals surface area (Å²) in [5, 5.41) is -0.249. The van der Waals surface area contributed by atoms with Gasteiger partial charge in [-0.05, 0) is 31.2 Å². The fourth-order valence-corrected chi connectivity index (χ4v) is 6.10. The van der Waals surface area contributed by atoms with E-state index in [9.17, 15) is 18.0 Å². The average molecular weight is 421 g/mol. The van der Waals surface area contributed by atoms with Crippen LogP contribution in [-0.2, 0) is 25.8 Å². The molecule has 0 bridgehead atoms. The van der Waals surface area contributed by atoms with E-state index in [4.69, 9.17) is 0 Å². The largest absolute Gasteiger partial charge is 0.339 e. The van der Waals surface area contributed by atoms with E-state index in [1.165, 1.54) is 5.56 Å². The molecule has 1 aromatic carbocycles. The molecule has 0 N–H and O–H groups in total. The number of sulfone groups is 1. The molecule has 160 valence electrons. The second kappa shape index (κ2) is 10.2. The molecule has 1 saturated heterocycles. The minimum absolute atomic E-state index is 0.0465. The van der Waals surface area contributed by atoms with Crippen LogP contribution in [0.15, 0.2) is 30.3 Å². The molecule has 2 fully saturated rings. The smallest absolute Gasteiger partial charge is 0.223 e. The Labute approximate surface area is 174 Å². The number of aryl methyl sites for hydroxylation is 1. The van der Waals surface area contributed by atoms with Gasteiger partial charge in [-0.2, -0.15) is 0 Å². The van der Waals surface area contributed by atoms with Gasteiger partial charge in [0.05, 0.1) is 11.0 Å². The van der Waals surface area contributed by atoms with Gasteiger partial charge in [-0.3, -0.25) is 9.59 Å². The van der Waals surface area contributed by atoms with Gasteiger partial charge in [-0.15, -0.1) is 0 Å². The minimum Gasteiger partial charge on any atom is -0.339 e. The Balaban J connectivity index is 1.35. The second-order valence-corrected chi connectivity index (χ2v) is 10.5. The maximum atomic E-state index is 12.4. The van der Waals surface area contributed by atoms with Crippen LogP contribution in [0.5, 0.6) is 0 Å². The van der Waals surface area contributed by atoms with Crippen molar-refractivity contribution in [3.05, 3.63) is 35.9 Å². The molecule has 3 rings (SSSR count). The van der Waals surface area contributed by atoms with Gasteiger partial charge in [0.1, 0.15) is 0 Å². The lowest BCUT2D eigenvalue weighted by molar-refractivity contribution is -0.139. The highest BCUT2D eigenvalue weighted by molar-refractivity contribution is 7.92. The lowest BCUT2D eigenvalue weighted by atomic mass is 10.1. The summed E-state index contributed by atoms with van der Waals surface area (Å²) in [5.41, 5.74) is 1.24. The third-order valence-corrected chi connectivity index (χ3v) is 8.35. The van der Waals surface area contributed by atoms with Crippen LogP contribution in [0.4, 0.5) is 0 Å². The first kappa shape index (κ1) is 21.8. The molecule has 0 spiro atoms. The summed E-state index contributed by atoms with van der Waals surface area (Å²) in [6.07, 6.45) is 5.70. The van der Waals surface area contributed by atoms with Crippen LogP contribution < -0.4 is 0 Å². The van der Waals surface area contributed by atoms with E-state index in [1.807, 2.05) is 23.1 Å². The highest BCUT2D eigenvalue weighted by atomic mass is 32.2. The van der Waals surface area contributed by atoms with Crippen molar-refractivity contribution in [1.82, 2.24) is 9.80 Å². The van der Waals surface area contributed by atoms with Crippen LogP contribution in [0.1, 0.15) is 50.5 Å². The van der Waals surface area contributed by atoms with Crippen molar-refractivity contribution < 1.29 is 18.0 Å². The molecule has 1 aliphatic heterocycles. The standard InChI is InChI=1S/C22H32N2O4S/c25-21(12-6-9-19-7-2-1-3-8-19)23-14-16-24(17-15-23)22(26)13-18-29(27,28)20-10-4-5-11-20/h1-3,7-8,20H,4-6,9-18H2. The topological polar surface area (TPSA) is 74.8 Å². The van der Waals surface area contributed by atoms with Crippen LogP contribution in [0, 0.1) is 0 Å². The molecule has 2 aliphatic rings. The molecule has 1 heterocycles. The summed E-state index contributed by atoms with van der Waals surface area (Å²) in [7, 11) is -3.16. The molecule has 7 heteroatoms. The quantitative estimate of drug-likeness (QED) is 0.647. The summed E-state index contributed by atoms with van der Waals surface area (Å²) in [6, 6.07) is 10.1. The first-order valence-corrected chi connectivity index (χ1v) is 12.5. The Morgan fingerprint density at radius 1 is 0.862 bits per heavy atom. The Morgan fingerprint density at radius 2 is 1.41 bits per heavy atom. The fraction of sp³-hybridized carbons (Fsp3) is 0.636. The fourth-order valence-electron chi connectivity index (χ4n) is 4.25. The summed E-state index contributed by atoms with van der Waals surface area (Å²) in [6.45, 7) is 2.05. The molecule has 0 unspecified atom stereocenters. The number of nitrogens with zero attached hydrogens (tertiary/aromatic N) is 2. The minimum atomic E-state index is -3.16. The molecule has 6 nitrogen and oxygen atoms in total. The van der Waals surface area contributed by atoms with Gasteiger partial charge in [-0.1, -0.05) is 43.2 Å². The molecule has 0 aromatic heterocycles. The van der Waals surface area contributed by atoms with Gasteiger partial charge in [-0.25, -0.2) is 8.42 Å². The van der Waals surface area contributed by atoms with E-state index >= 15 is 0 Å². The normalized spacial score (nSPS) is 18.2. The Kier molecular flexibility index (Phi) is 7.70. The van der Waals surface area contributed by atoms with Crippen LogP contribution in [0.2, 0.25) is 0 Å². The maximum Gasteiger partial charge on any atom is 0.223 e. The Morgan fingerprint density at radius 3 is 2.00 bits per heavy atom. The monoisotopic (exact) mass is 420 g/mol. The van der Waals surface area contributed by atoms with Crippen molar-refractivity contribution in [2.45, 2.75) is 56.6 Å². The molecule has 1 aliphatic carbocycles. The third-order valence-electron chi connectivity index (χ3n) is 6.09. The number of carbonyl (C=O) groups is 2. The molecular formula is C22H32N2O4S. The zero-order valence-electron chi connectivity index (χ0n) is 17.1. The van der Waals surface area contributed by atoms with Crippen LogP contribution in [0.3, 0.4) is 0 Å². The Hall–Kier alpha value is -1.89. The first-order chi connectivity index (χ1) is 14.0. The highest BCUT2D eigenvalue weighted by Gasteiger charge is 2.30. The Bertz CT molecular complexity index is 780. The lowest BCUT2D eigenvalue weighted by Gasteiger charge is -2.35. The molecule has 0 radical (unpaired) electrons. The zero-order chi connectivity index (χ0) is 20.7. The molecule has 0 atom stereocenters. The van der Waals surface area contributed by atoms with E-state index in [-0.39, 0.29) is 29.2 Å². The van der Waals surface area contributed by atoms with Crippen molar-refractivity contribution in [2.75, 3.05) is 31.9 Å². The highest BCUT2D eigenvalue weighted by Crippen LogP contribution is 2.25. The maximum absolute atomic E-state index is 12.4. The number of piperazine rings is 1. The van der Waals surface area contributed by atoms with Gasteiger partial charge in [0.25, 0.3) is 0 Å². The number of carbonyl (C=O) groups excluding carboxylic acids is 2.